The van der Waals surface area contributed by atoms with E-state index in [2.05, 4.69) is 51.7 Å². The lowest BCUT2D eigenvalue weighted by molar-refractivity contribution is -0.138. The third kappa shape index (κ3) is 5.50. The molecule has 0 unspecified atom stereocenters. The van der Waals surface area contributed by atoms with Crippen molar-refractivity contribution in [2.45, 2.75) is 52.8 Å². The molecule has 3 heteroatoms. The molecule has 0 heterocycles. The van der Waals surface area contributed by atoms with Gasteiger partial charge in [-0.05, 0) is 36.1 Å². The van der Waals surface area contributed by atoms with Crippen LogP contribution >= 0.6 is 0 Å². The van der Waals surface area contributed by atoms with Crippen LogP contribution in [0.4, 0.5) is 0 Å². The summed E-state index contributed by atoms with van der Waals surface area (Å²) in [4.78, 5) is 12.0. The minimum atomic E-state index is -1.63. The van der Waals surface area contributed by atoms with Crippen molar-refractivity contribution in [2.75, 3.05) is 6.61 Å². The van der Waals surface area contributed by atoms with Crippen LogP contribution in [0.5, 0.6) is 0 Å². The van der Waals surface area contributed by atoms with E-state index in [9.17, 15) is 4.79 Å². The zero-order valence-electron chi connectivity index (χ0n) is 15.6. The second kappa shape index (κ2) is 7.78. The largest absolute Gasteiger partial charge is 0.463 e. The van der Waals surface area contributed by atoms with Gasteiger partial charge in [-0.25, -0.2) is 4.79 Å². The number of carbonyl (C=O) groups is 1. The fourth-order valence-electron chi connectivity index (χ4n) is 1.98. The maximum Gasteiger partial charge on any atom is 0.333 e. The Bertz CT molecular complexity index is 590. The number of carbonyl (C=O) groups excluding carboxylic acids is 1. The average molecular weight is 331 g/mol. The molecule has 1 aromatic carbocycles. The van der Waals surface area contributed by atoms with Crippen molar-refractivity contribution in [1.29, 1.82) is 0 Å². The summed E-state index contributed by atoms with van der Waals surface area (Å²) in [5.74, 6) is -0.246. The van der Waals surface area contributed by atoms with Crippen molar-refractivity contribution in [1.82, 2.24) is 0 Å². The van der Waals surface area contributed by atoms with Gasteiger partial charge in [-0.15, -0.1) is 0 Å². The molecule has 0 aliphatic heterocycles. The lowest BCUT2D eigenvalue weighted by Gasteiger charge is -2.35. The van der Waals surface area contributed by atoms with Crippen LogP contribution in [0.2, 0.25) is 18.1 Å². The zero-order chi connectivity index (χ0) is 17.7. The van der Waals surface area contributed by atoms with Crippen molar-refractivity contribution in [3.63, 3.8) is 0 Å². The fraction of sp³-hybridized carbons (Fsp3) is 0.450. The molecular weight excluding hydrogens is 300 g/mol. The second-order valence-corrected chi connectivity index (χ2v) is 12.7. The zero-order valence-corrected chi connectivity index (χ0v) is 16.6. The number of benzene rings is 1. The van der Waals surface area contributed by atoms with E-state index in [0.29, 0.717) is 12.2 Å². The predicted molar refractivity (Wildman–Crippen MR) is 102 cm³/mol. The van der Waals surface area contributed by atoms with Crippen LogP contribution in [-0.4, -0.2) is 20.7 Å². The number of allylic oxidation sites excluding steroid dienone is 2. The first-order valence-corrected chi connectivity index (χ1v) is 11.3. The molecule has 0 fully saturated rings. The molecule has 0 N–H and O–H groups in total. The van der Waals surface area contributed by atoms with E-state index in [1.54, 1.807) is 0 Å². The summed E-state index contributed by atoms with van der Waals surface area (Å²) in [6.45, 7) is 15.7. The molecule has 0 saturated heterocycles. The number of esters is 1. The molecule has 0 radical (unpaired) electrons. The Morgan fingerprint density at radius 2 is 1.74 bits per heavy atom. The average Bonchev–Trinajstić information content (AvgIpc) is 2.46. The summed E-state index contributed by atoms with van der Waals surface area (Å²) >= 11 is 0. The van der Waals surface area contributed by atoms with Gasteiger partial charge in [0.1, 0.15) is 0 Å². The van der Waals surface area contributed by atoms with E-state index in [0.717, 1.165) is 11.1 Å². The van der Waals surface area contributed by atoms with E-state index in [4.69, 9.17) is 4.74 Å². The SMILES string of the molecule is CCOC(=O)/C(C)=C/C(=C/[Si](C)(C)C(C)(C)C)c1ccccc1. The van der Waals surface area contributed by atoms with Crippen molar-refractivity contribution >= 4 is 19.6 Å². The maximum absolute atomic E-state index is 12.0. The lowest BCUT2D eigenvalue weighted by atomic mass is 10.1. The van der Waals surface area contributed by atoms with Crippen molar-refractivity contribution in [2.24, 2.45) is 0 Å². The molecule has 0 spiro atoms. The van der Waals surface area contributed by atoms with E-state index in [1.165, 1.54) is 0 Å². The summed E-state index contributed by atoms with van der Waals surface area (Å²) in [6, 6.07) is 10.3. The highest BCUT2D eigenvalue weighted by Gasteiger charge is 2.33. The Kier molecular flexibility index (Phi) is 6.57. The van der Waals surface area contributed by atoms with Crippen LogP contribution in [0.15, 0.2) is 47.7 Å². The van der Waals surface area contributed by atoms with Crippen molar-refractivity contribution in [3.05, 3.63) is 53.2 Å². The molecule has 23 heavy (non-hydrogen) atoms. The van der Waals surface area contributed by atoms with Gasteiger partial charge in [-0.2, -0.15) is 0 Å². The lowest BCUT2D eigenvalue weighted by Crippen LogP contribution is -2.35. The number of hydrogen-bond donors (Lipinski definition) is 0. The van der Waals surface area contributed by atoms with Gasteiger partial charge < -0.3 is 4.74 Å². The van der Waals surface area contributed by atoms with Gasteiger partial charge in [0.25, 0.3) is 0 Å². The Balaban J connectivity index is 3.35. The molecule has 0 aromatic heterocycles. The van der Waals surface area contributed by atoms with Crippen LogP contribution in [0.25, 0.3) is 5.57 Å². The molecule has 0 atom stereocenters. The quantitative estimate of drug-likeness (QED) is 0.303. The highest BCUT2D eigenvalue weighted by Crippen LogP contribution is 2.38. The Morgan fingerprint density at radius 1 is 1.17 bits per heavy atom. The van der Waals surface area contributed by atoms with E-state index in [-0.39, 0.29) is 11.0 Å². The first-order chi connectivity index (χ1) is 10.6. The molecule has 1 rings (SSSR count). The fourth-order valence-corrected chi connectivity index (χ4v) is 3.44. The summed E-state index contributed by atoms with van der Waals surface area (Å²) in [7, 11) is -1.63. The van der Waals surface area contributed by atoms with Crippen LogP contribution in [-0.2, 0) is 9.53 Å². The van der Waals surface area contributed by atoms with Gasteiger partial charge in [-0.1, -0.05) is 69.9 Å². The van der Waals surface area contributed by atoms with Gasteiger partial charge in [0.2, 0.25) is 0 Å². The predicted octanol–water partition coefficient (Wildman–Crippen LogP) is 5.63. The van der Waals surface area contributed by atoms with Crippen LogP contribution in [0, 0.1) is 0 Å². The smallest absolute Gasteiger partial charge is 0.333 e. The van der Waals surface area contributed by atoms with Crippen LogP contribution < -0.4 is 0 Å². The summed E-state index contributed by atoms with van der Waals surface area (Å²) in [5.41, 5.74) is 5.29. The summed E-state index contributed by atoms with van der Waals surface area (Å²) < 4.78 is 5.11. The molecule has 0 saturated carbocycles. The first-order valence-electron chi connectivity index (χ1n) is 8.22. The highest BCUT2D eigenvalue weighted by molar-refractivity contribution is 6.85. The highest BCUT2D eigenvalue weighted by atomic mass is 28.3. The van der Waals surface area contributed by atoms with E-state index >= 15 is 0 Å². The second-order valence-electron chi connectivity index (χ2n) is 7.49. The maximum atomic E-state index is 12.0. The van der Waals surface area contributed by atoms with Crippen molar-refractivity contribution in [3.8, 4) is 0 Å². The van der Waals surface area contributed by atoms with Crippen LogP contribution in [0.3, 0.4) is 0 Å². The molecular formula is C20H30O2Si. The topological polar surface area (TPSA) is 26.3 Å². The van der Waals surface area contributed by atoms with E-state index in [1.807, 2.05) is 38.1 Å². The molecule has 0 bridgehead atoms. The van der Waals surface area contributed by atoms with Crippen molar-refractivity contribution < 1.29 is 9.53 Å². The Morgan fingerprint density at radius 3 is 2.22 bits per heavy atom. The molecule has 0 aliphatic carbocycles. The summed E-state index contributed by atoms with van der Waals surface area (Å²) in [5, 5.41) is 0.249. The Labute approximate surface area is 142 Å². The van der Waals surface area contributed by atoms with Crippen LogP contribution in [0.1, 0.15) is 40.2 Å². The van der Waals surface area contributed by atoms with Gasteiger partial charge in [0.15, 0.2) is 0 Å². The standard InChI is InChI=1S/C20H30O2Si/c1-8-22-19(21)16(2)14-18(17-12-10-9-11-13-17)15-23(6,7)20(3,4)5/h9-15H,8H2,1-7H3/b16-14+,18-15-. The molecule has 2 nitrogen and oxygen atoms in total. The normalized spacial score (nSPS) is 13.9. The molecule has 0 amide bonds. The van der Waals surface area contributed by atoms with Gasteiger partial charge >= 0.3 is 5.97 Å². The third-order valence-electron chi connectivity index (χ3n) is 4.53. The number of hydrogen-bond acceptors (Lipinski definition) is 2. The minimum absolute atomic E-state index is 0.246. The van der Waals surface area contributed by atoms with Gasteiger partial charge in [-0.3, -0.25) is 0 Å². The summed E-state index contributed by atoms with van der Waals surface area (Å²) in [6.07, 6.45) is 1.97. The van der Waals surface area contributed by atoms with Gasteiger partial charge in [0.05, 0.1) is 14.7 Å². The van der Waals surface area contributed by atoms with E-state index < -0.39 is 8.07 Å². The third-order valence-corrected chi connectivity index (χ3v) is 9.42. The Hall–Kier alpha value is -1.61. The van der Waals surface area contributed by atoms with Gasteiger partial charge in [0, 0.05) is 5.57 Å². The number of rotatable bonds is 5. The monoisotopic (exact) mass is 330 g/mol. The molecule has 126 valence electrons. The molecule has 0 aliphatic rings. The molecule has 1 aromatic rings. The minimum Gasteiger partial charge on any atom is -0.463 e. The number of ether oxygens (including phenoxy) is 1. The first kappa shape index (κ1) is 19.4.